The van der Waals surface area contributed by atoms with Crippen molar-refractivity contribution in [1.29, 1.82) is 0 Å². The second-order valence-corrected chi connectivity index (χ2v) is 3.32. The van der Waals surface area contributed by atoms with Crippen molar-refractivity contribution in [3.63, 3.8) is 0 Å². The topological polar surface area (TPSA) is 55.8 Å². The number of phosphoric ester groups is 1. The lowest BCUT2D eigenvalue weighted by Crippen LogP contribution is -1.87. The van der Waals surface area contributed by atoms with E-state index in [0.717, 1.165) is 0 Å². The molecular formula is C3H6BrO4P. The van der Waals surface area contributed by atoms with Gasteiger partial charge >= 0.3 is 7.82 Å². The van der Waals surface area contributed by atoms with E-state index in [4.69, 9.17) is 4.89 Å². The Morgan fingerprint density at radius 2 is 2.44 bits per heavy atom. The first-order chi connectivity index (χ1) is 4.12. The van der Waals surface area contributed by atoms with Crippen LogP contribution in [0.5, 0.6) is 0 Å². The lowest BCUT2D eigenvalue weighted by Gasteiger charge is -2.03. The maximum absolute atomic E-state index is 10.4. The molecule has 54 valence electrons. The van der Waals surface area contributed by atoms with E-state index in [0.29, 0.717) is 0 Å². The van der Waals surface area contributed by atoms with Gasteiger partial charge in [0.2, 0.25) is 0 Å². The molecule has 0 aliphatic heterocycles. The summed E-state index contributed by atoms with van der Waals surface area (Å²) in [6, 6.07) is 0. The summed E-state index contributed by atoms with van der Waals surface area (Å²) in [5.74, 6) is 0. The number of hydrogen-bond acceptors (Lipinski definition) is 3. The van der Waals surface area contributed by atoms with Gasteiger partial charge in [-0.25, -0.2) is 8.18 Å². The Labute approximate surface area is 61.5 Å². The Morgan fingerprint density at radius 1 is 1.89 bits per heavy atom. The summed E-state index contributed by atoms with van der Waals surface area (Å²) in [6.07, 6.45) is 1.34. The smallest absolute Gasteiger partial charge is 0.302 e. The number of hydrogen-bond donors (Lipinski definition) is 1. The lowest BCUT2D eigenvalue weighted by molar-refractivity contribution is 0.236. The molecule has 0 aliphatic carbocycles. The fourth-order valence-corrected chi connectivity index (χ4v) is 0.751. The second-order valence-electron chi connectivity index (χ2n) is 1.12. The standard InChI is InChI=1S/C3H6BrO4P/c1-2-3-7-9(5,6)8-4/h2H,1,3H2,(H,5,6). The minimum atomic E-state index is -3.84. The Bertz CT molecular complexity index is 136. The van der Waals surface area contributed by atoms with E-state index in [9.17, 15) is 4.57 Å². The molecule has 9 heavy (non-hydrogen) atoms. The second kappa shape index (κ2) is 4.19. The Hall–Kier alpha value is 0.330. The van der Waals surface area contributed by atoms with Crippen molar-refractivity contribution in [3.8, 4) is 0 Å². The Morgan fingerprint density at radius 3 is 2.78 bits per heavy atom. The highest BCUT2D eigenvalue weighted by Gasteiger charge is 2.17. The SMILES string of the molecule is C=CCOP(=O)(O)OBr. The van der Waals surface area contributed by atoms with E-state index in [2.05, 4.69) is 31.0 Å². The fraction of sp³-hybridized carbons (Fsp3) is 0.333. The monoisotopic (exact) mass is 216 g/mol. The van der Waals surface area contributed by atoms with Gasteiger partial charge in [-0.3, -0.25) is 4.52 Å². The molecule has 0 amide bonds. The van der Waals surface area contributed by atoms with Crippen LogP contribution in [0.15, 0.2) is 12.7 Å². The van der Waals surface area contributed by atoms with Crippen LogP contribution in [-0.4, -0.2) is 11.5 Å². The highest BCUT2D eigenvalue weighted by Crippen LogP contribution is 2.44. The molecule has 0 radical (unpaired) electrons. The zero-order valence-electron chi connectivity index (χ0n) is 4.49. The van der Waals surface area contributed by atoms with E-state index in [1.807, 2.05) is 0 Å². The number of rotatable bonds is 4. The van der Waals surface area contributed by atoms with Crippen molar-refractivity contribution >= 4 is 24.1 Å². The summed E-state index contributed by atoms with van der Waals surface area (Å²) < 4.78 is 18.5. The van der Waals surface area contributed by atoms with Gasteiger partial charge in [0.25, 0.3) is 0 Å². The molecule has 0 aliphatic rings. The van der Waals surface area contributed by atoms with Gasteiger partial charge in [-0.05, 0) is 0 Å². The average molecular weight is 217 g/mol. The van der Waals surface area contributed by atoms with Gasteiger partial charge < -0.3 is 4.89 Å². The molecule has 0 aromatic heterocycles. The highest BCUT2D eigenvalue weighted by molar-refractivity contribution is 9.06. The van der Waals surface area contributed by atoms with Crippen LogP contribution in [0.25, 0.3) is 0 Å². The van der Waals surface area contributed by atoms with Crippen LogP contribution >= 0.6 is 24.1 Å². The van der Waals surface area contributed by atoms with E-state index in [-0.39, 0.29) is 6.61 Å². The van der Waals surface area contributed by atoms with Crippen molar-refractivity contribution < 1.29 is 17.6 Å². The molecule has 0 aromatic carbocycles. The molecule has 1 unspecified atom stereocenters. The summed E-state index contributed by atoms with van der Waals surface area (Å²) in [4.78, 5) is 8.47. The van der Waals surface area contributed by atoms with E-state index in [1.165, 1.54) is 6.08 Å². The van der Waals surface area contributed by atoms with Crippen LogP contribution in [-0.2, 0) is 12.7 Å². The normalized spacial score (nSPS) is 16.7. The van der Waals surface area contributed by atoms with Crippen LogP contribution in [0, 0.1) is 0 Å². The van der Waals surface area contributed by atoms with Crippen LogP contribution in [0.3, 0.4) is 0 Å². The van der Waals surface area contributed by atoms with E-state index in [1.54, 1.807) is 0 Å². The summed E-state index contributed by atoms with van der Waals surface area (Å²) in [6.45, 7) is 3.26. The first-order valence-electron chi connectivity index (χ1n) is 2.01. The van der Waals surface area contributed by atoms with E-state index < -0.39 is 7.82 Å². The van der Waals surface area contributed by atoms with E-state index >= 15 is 0 Å². The third-order valence-electron chi connectivity index (χ3n) is 0.443. The van der Waals surface area contributed by atoms with Crippen LogP contribution < -0.4 is 0 Å². The maximum Gasteiger partial charge on any atom is 0.483 e. The first-order valence-corrected chi connectivity index (χ1v) is 4.15. The van der Waals surface area contributed by atoms with Gasteiger partial charge in [0.15, 0.2) is 0 Å². The average Bonchev–Trinajstić information content (AvgIpc) is 1.84. The van der Waals surface area contributed by atoms with Gasteiger partial charge in [-0.2, -0.15) is 0 Å². The maximum atomic E-state index is 10.4. The van der Waals surface area contributed by atoms with Gasteiger partial charge in [0.1, 0.15) is 16.3 Å². The third kappa shape index (κ3) is 4.81. The predicted octanol–water partition coefficient (Wildman–Crippen LogP) is 1.62. The molecule has 0 saturated carbocycles. The quantitative estimate of drug-likeness (QED) is 0.574. The molecule has 4 nitrogen and oxygen atoms in total. The minimum Gasteiger partial charge on any atom is -0.302 e. The molecule has 0 spiro atoms. The third-order valence-corrected chi connectivity index (χ3v) is 2.19. The lowest BCUT2D eigenvalue weighted by atomic mass is 10.7. The van der Waals surface area contributed by atoms with Crippen molar-refractivity contribution in [2.24, 2.45) is 0 Å². The van der Waals surface area contributed by atoms with Gasteiger partial charge in [0.05, 0.1) is 6.61 Å². The summed E-state index contributed by atoms with van der Waals surface area (Å²) in [5, 5.41) is 0. The van der Waals surface area contributed by atoms with Crippen LogP contribution in [0.2, 0.25) is 0 Å². The summed E-state index contributed by atoms with van der Waals surface area (Å²) in [7, 11) is -3.84. The summed E-state index contributed by atoms with van der Waals surface area (Å²) >= 11 is 2.33. The van der Waals surface area contributed by atoms with Gasteiger partial charge in [0, 0.05) is 0 Å². The molecule has 0 heterocycles. The highest BCUT2D eigenvalue weighted by atomic mass is 79.9. The Balaban J connectivity index is 3.58. The van der Waals surface area contributed by atoms with Gasteiger partial charge in [-0.15, -0.1) is 6.58 Å². The Kier molecular flexibility index (Phi) is 4.35. The first kappa shape index (κ1) is 9.33. The van der Waals surface area contributed by atoms with Crippen molar-refractivity contribution in [3.05, 3.63) is 12.7 Å². The number of halogens is 1. The van der Waals surface area contributed by atoms with Crippen molar-refractivity contribution in [2.45, 2.75) is 0 Å². The molecule has 1 N–H and O–H groups in total. The molecular weight excluding hydrogens is 211 g/mol. The zero-order chi connectivity index (χ0) is 7.33. The molecule has 0 aromatic rings. The van der Waals surface area contributed by atoms with Crippen molar-refractivity contribution in [1.82, 2.24) is 0 Å². The van der Waals surface area contributed by atoms with Crippen molar-refractivity contribution in [2.75, 3.05) is 6.61 Å². The summed E-state index contributed by atoms with van der Waals surface area (Å²) in [5.41, 5.74) is 0. The molecule has 0 saturated heterocycles. The molecule has 0 fully saturated rings. The predicted molar refractivity (Wildman–Crippen MR) is 36.0 cm³/mol. The largest absolute Gasteiger partial charge is 0.483 e. The molecule has 1 atom stereocenters. The van der Waals surface area contributed by atoms with Crippen LogP contribution in [0.4, 0.5) is 0 Å². The fourth-order valence-electron chi connectivity index (χ4n) is 0.167. The molecule has 6 heteroatoms. The van der Waals surface area contributed by atoms with Crippen LogP contribution in [0.1, 0.15) is 0 Å². The molecule has 0 rings (SSSR count). The zero-order valence-corrected chi connectivity index (χ0v) is 6.97. The number of phosphoric acid groups is 1. The minimum absolute atomic E-state index is 0.0145. The molecule has 0 bridgehead atoms. The van der Waals surface area contributed by atoms with Gasteiger partial charge in [-0.1, -0.05) is 6.08 Å².